The van der Waals surface area contributed by atoms with Gasteiger partial charge in [0.1, 0.15) is 5.76 Å². The van der Waals surface area contributed by atoms with Crippen LogP contribution in [0.4, 0.5) is 0 Å². The lowest BCUT2D eigenvalue weighted by atomic mass is 10.00. The standard InChI is InChI=1S/C12H15N3O4/c1-6-7(2)12(18)15(11(6)17)5-8-3-4-9(19-8)10(16)14-13/h3-4,6-7H,5,13H2,1-2H3,(H,14,16). The van der Waals surface area contributed by atoms with Crippen LogP contribution in [-0.2, 0) is 16.1 Å². The van der Waals surface area contributed by atoms with E-state index in [0.717, 1.165) is 4.90 Å². The van der Waals surface area contributed by atoms with E-state index in [-0.39, 0.29) is 36.0 Å². The van der Waals surface area contributed by atoms with Gasteiger partial charge in [0.05, 0.1) is 6.54 Å². The lowest BCUT2D eigenvalue weighted by Crippen LogP contribution is -2.30. The van der Waals surface area contributed by atoms with Crippen LogP contribution in [0.2, 0.25) is 0 Å². The molecular weight excluding hydrogens is 250 g/mol. The van der Waals surface area contributed by atoms with E-state index >= 15 is 0 Å². The summed E-state index contributed by atoms with van der Waals surface area (Å²) in [4.78, 5) is 36.2. The number of furan rings is 1. The summed E-state index contributed by atoms with van der Waals surface area (Å²) in [7, 11) is 0. The van der Waals surface area contributed by atoms with Gasteiger partial charge in [0.25, 0.3) is 0 Å². The molecule has 0 aliphatic carbocycles. The highest BCUT2D eigenvalue weighted by molar-refractivity contribution is 6.04. The third-order valence-corrected chi connectivity index (χ3v) is 3.39. The Labute approximate surface area is 109 Å². The summed E-state index contributed by atoms with van der Waals surface area (Å²) in [5.74, 6) is 3.72. The van der Waals surface area contributed by atoms with Crippen molar-refractivity contribution in [2.75, 3.05) is 0 Å². The minimum absolute atomic E-state index is 0.0319. The highest BCUT2D eigenvalue weighted by Gasteiger charge is 2.42. The Morgan fingerprint density at radius 1 is 1.32 bits per heavy atom. The van der Waals surface area contributed by atoms with Crippen molar-refractivity contribution in [2.45, 2.75) is 20.4 Å². The maximum Gasteiger partial charge on any atom is 0.300 e. The number of amides is 3. The van der Waals surface area contributed by atoms with Crippen molar-refractivity contribution in [3.8, 4) is 0 Å². The quantitative estimate of drug-likeness (QED) is 0.347. The van der Waals surface area contributed by atoms with Crippen molar-refractivity contribution in [3.63, 3.8) is 0 Å². The van der Waals surface area contributed by atoms with Gasteiger partial charge < -0.3 is 4.42 Å². The predicted molar refractivity (Wildman–Crippen MR) is 64.2 cm³/mol. The van der Waals surface area contributed by atoms with Crippen LogP contribution in [0.3, 0.4) is 0 Å². The largest absolute Gasteiger partial charge is 0.454 e. The molecule has 19 heavy (non-hydrogen) atoms. The molecule has 2 atom stereocenters. The number of nitrogens with two attached hydrogens (primary N) is 1. The number of hydrogen-bond donors (Lipinski definition) is 2. The first-order valence-electron chi connectivity index (χ1n) is 5.90. The molecular formula is C12H15N3O4. The van der Waals surface area contributed by atoms with Crippen LogP contribution in [0.15, 0.2) is 16.5 Å². The zero-order valence-electron chi connectivity index (χ0n) is 10.7. The molecule has 3 amide bonds. The van der Waals surface area contributed by atoms with Gasteiger partial charge in [0.15, 0.2) is 5.76 Å². The lowest BCUT2D eigenvalue weighted by molar-refractivity contribution is -0.140. The number of nitrogens with one attached hydrogen (secondary N) is 1. The zero-order chi connectivity index (χ0) is 14.2. The van der Waals surface area contributed by atoms with Gasteiger partial charge in [-0.25, -0.2) is 5.84 Å². The van der Waals surface area contributed by atoms with E-state index < -0.39 is 5.91 Å². The van der Waals surface area contributed by atoms with Crippen LogP contribution in [0.25, 0.3) is 0 Å². The minimum atomic E-state index is -0.563. The van der Waals surface area contributed by atoms with Gasteiger partial charge >= 0.3 is 5.91 Å². The first kappa shape index (κ1) is 13.3. The van der Waals surface area contributed by atoms with Gasteiger partial charge in [-0.05, 0) is 12.1 Å². The molecule has 1 aliphatic heterocycles. The van der Waals surface area contributed by atoms with E-state index in [1.165, 1.54) is 6.07 Å². The van der Waals surface area contributed by atoms with E-state index in [4.69, 9.17) is 10.3 Å². The minimum Gasteiger partial charge on any atom is -0.454 e. The first-order valence-corrected chi connectivity index (χ1v) is 5.90. The van der Waals surface area contributed by atoms with E-state index in [1.54, 1.807) is 19.9 Å². The van der Waals surface area contributed by atoms with Crippen molar-refractivity contribution in [3.05, 3.63) is 23.7 Å². The maximum absolute atomic E-state index is 11.9. The van der Waals surface area contributed by atoms with Crippen molar-refractivity contribution in [1.82, 2.24) is 10.3 Å². The van der Waals surface area contributed by atoms with Gasteiger partial charge in [-0.15, -0.1) is 0 Å². The Hall–Kier alpha value is -2.15. The second-order valence-electron chi connectivity index (χ2n) is 4.58. The second-order valence-corrected chi connectivity index (χ2v) is 4.58. The van der Waals surface area contributed by atoms with Crippen LogP contribution in [0, 0.1) is 11.8 Å². The first-order chi connectivity index (χ1) is 8.95. The number of hydrazine groups is 1. The molecule has 0 spiro atoms. The number of carbonyl (C=O) groups excluding carboxylic acids is 3. The Morgan fingerprint density at radius 3 is 2.42 bits per heavy atom. The molecule has 0 saturated carbocycles. The summed E-state index contributed by atoms with van der Waals surface area (Å²) >= 11 is 0. The van der Waals surface area contributed by atoms with E-state index in [9.17, 15) is 14.4 Å². The third kappa shape index (κ3) is 2.24. The maximum atomic E-state index is 11.9. The molecule has 1 aromatic rings. The molecule has 1 aliphatic rings. The van der Waals surface area contributed by atoms with Gasteiger partial charge in [-0.1, -0.05) is 13.8 Å². The number of rotatable bonds is 3. The lowest BCUT2D eigenvalue weighted by Gasteiger charge is -2.12. The molecule has 3 N–H and O–H groups in total. The Bertz CT molecular complexity index is 517. The van der Waals surface area contributed by atoms with Gasteiger partial charge in [0.2, 0.25) is 11.8 Å². The summed E-state index contributed by atoms with van der Waals surface area (Å²) in [6, 6.07) is 2.98. The molecule has 2 heterocycles. The van der Waals surface area contributed by atoms with E-state index in [0.29, 0.717) is 5.76 Å². The highest BCUT2D eigenvalue weighted by Crippen LogP contribution is 2.27. The van der Waals surface area contributed by atoms with Gasteiger partial charge in [0, 0.05) is 11.8 Å². The fourth-order valence-corrected chi connectivity index (χ4v) is 2.00. The van der Waals surface area contributed by atoms with Crippen molar-refractivity contribution < 1.29 is 18.8 Å². The number of carbonyl (C=O) groups is 3. The molecule has 1 saturated heterocycles. The average molecular weight is 265 g/mol. The Morgan fingerprint density at radius 2 is 1.89 bits per heavy atom. The summed E-state index contributed by atoms with van der Waals surface area (Å²) in [6.07, 6.45) is 0. The van der Waals surface area contributed by atoms with Crippen LogP contribution in [-0.4, -0.2) is 22.6 Å². The van der Waals surface area contributed by atoms with E-state index in [2.05, 4.69) is 0 Å². The molecule has 1 aromatic heterocycles. The Kier molecular flexibility index (Phi) is 3.39. The highest BCUT2D eigenvalue weighted by atomic mass is 16.4. The topological polar surface area (TPSA) is 106 Å². The van der Waals surface area contributed by atoms with Crippen LogP contribution in [0.1, 0.15) is 30.2 Å². The molecule has 2 unspecified atom stereocenters. The summed E-state index contributed by atoms with van der Waals surface area (Å²) in [5.41, 5.74) is 1.94. The number of likely N-dealkylation sites (tertiary alicyclic amines) is 1. The monoisotopic (exact) mass is 265 g/mol. The van der Waals surface area contributed by atoms with Crippen LogP contribution in [0.5, 0.6) is 0 Å². The smallest absolute Gasteiger partial charge is 0.300 e. The number of imide groups is 1. The number of hydrogen-bond acceptors (Lipinski definition) is 5. The summed E-state index contributed by atoms with van der Waals surface area (Å²) in [5, 5.41) is 0. The SMILES string of the molecule is CC1C(=O)N(Cc2ccc(C(=O)NN)o2)C(=O)C1C. The number of nitrogens with zero attached hydrogens (tertiary/aromatic N) is 1. The molecule has 0 aromatic carbocycles. The average Bonchev–Trinajstić information content (AvgIpc) is 2.94. The van der Waals surface area contributed by atoms with Crippen molar-refractivity contribution >= 4 is 17.7 Å². The molecule has 0 bridgehead atoms. The number of nitrogen functional groups attached to an aromatic ring is 1. The molecule has 0 radical (unpaired) electrons. The molecule has 102 valence electrons. The summed E-state index contributed by atoms with van der Waals surface area (Å²) in [6.45, 7) is 3.48. The van der Waals surface area contributed by atoms with Crippen molar-refractivity contribution in [1.29, 1.82) is 0 Å². The molecule has 1 fully saturated rings. The van der Waals surface area contributed by atoms with Crippen molar-refractivity contribution in [2.24, 2.45) is 17.7 Å². The molecule has 2 rings (SSSR count). The zero-order valence-corrected chi connectivity index (χ0v) is 10.7. The van der Waals surface area contributed by atoms with E-state index in [1.807, 2.05) is 5.43 Å². The Balaban J connectivity index is 2.14. The third-order valence-electron chi connectivity index (χ3n) is 3.39. The summed E-state index contributed by atoms with van der Waals surface area (Å²) < 4.78 is 5.23. The van der Waals surface area contributed by atoms with Gasteiger partial charge in [-0.2, -0.15) is 0 Å². The fourth-order valence-electron chi connectivity index (χ4n) is 2.00. The van der Waals surface area contributed by atoms with Crippen LogP contribution >= 0.6 is 0 Å². The molecule has 7 heteroatoms. The van der Waals surface area contributed by atoms with Gasteiger partial charge in [-0.3, -0.25) is 24.7 Å². The second kappa shape index (κ2) is 4.85. The molecule has 7 nitrogen and oxygen atoms in total. The predicted octanol–water partition coefficient (Wildman–Crippen LogP) is 0.0241. The fraction of sp³-hybridized carbons (Fsp3) is 0.417. The van der Waals surface area contributed by atoms with Crippen LogP contribution < -0.4 is 11.3 Å². The normalized spacial score (nSPS) is 23.0.